The van der Waals surface area contributed by atoms with Crippen LogP contribution in [0.3, 0.4) is 0 Å². The number of hydrogen-bond donors (Lipinski definition) is 2. The molecule has 1 atom stereocenters. The fourth-order valence-electron chi connectivity index (χ4n) is 4.53. The van der Waals surface area contributed by atoms with Gasteiger partial charge < -0.3 is 24.8 Å². The summed E-state index contributed by atoms with van der Waals surface area (Å²) in [4.78, 5) is 42.3. The van der Waals surface area contributed by atoms with Gasteiger partial charge in [0.15, 0.2) is 16.9 Å². The number of carbonyl (C=O) groups is 2. The van der Waals surface area contributed by atoms with Crippen molar-refractivity contribution in [3.05, 3.63) is 75.7 Å². The number of nitrogens with zero attached hydrogens (tertiary/aromatic N) is 1. The number of fused-ring (bicyclic) bond motifs is 3. The van der Waals surface area contributed by atoms with Gasteiger partial charge in [-0.3, -0.25) is 19.4 Å². The second kappa shape index (κ2) is 10.5. The number of methoxy groups -OCH3 is 3. The number of ether oxygens (including phenoxy) is 3. The molecular weight excluding hydrogens is 462 g/mol. The molecule has 0 saturated heterocycles. The maximum absolute atomic E-state index is 13.3. The molecule has 36 heavy (non-hydrogen) atoms. The molecule has 3 aromatic rings. The van der Waals surface area contributed by atoms with E-state index >= 15 is 0 Å². The number of hydrogen-bond acceptors (Lipinski definition) is 7. The van der Waals surface area contributed by atoms with E-state index in [1.54, 1.807) is 31.5 Å². The van der Waals surface area contributed by atoms with E-state index in [0.717, 1.165) is 5.56 Å². The Balaban J connectivity index is 1.96. The van der Waals surface area contributed by atoms with Gasteiger partial charge in [-0.1, -0.05) is 6.07 Å². The molecule has 1 aromatic heterocycles. The number of pyridine rings is 1. The topological polar surface area (TPSA) is 116 Å². The van der Waals surface area contributed by atoms with E-state index in [9.17, 15) is 14.4 Å². The Hall–Kier alpha value is -4.40. The Kier molecular flexibility index (Phi) is 7.19. The first kappa shape index (κ1) is 24.7. The molecule has 1 unspecified atom stereocenters. The fraction of sp³-hybridized carbons (Fsp3) is 0.259. The average Bonchev–Trinajstić information content (AvgIpc) is 3.12. The van der Waals surface area contributed by atoms with Crippen molar-refractivity contribution < 1.29 is 23.8 Å². The van der Waals surface area contributed by atoms with Crippen LogP contribution in [0.15, 0.2) is 53.6 Å². The van der Waals surface area contributed by atoms with Crippen LogP contribution in [-0.4, -0.2) is 38.1 Å². The fourth-order valence-corrected chi connectivity index (χ4v) is 4.53. The van der Waals surface area contributed by atoms with Crippen LogP contribution in [-0.2, 0) is 11.2 Å². The number of benzene rings is 1. The van der Waals surface area contributed by atoms with Crippen LogP contribution in [0.4, 0.5) is 5.69 Å². The minimum Gasteiger partial charge on any atom is -0.493 e. The predicted molar refractivity (Wildman–Crippen MR) is 135 cm³/mol. The lowest BCUT2D eigenvalue weighted by Crippen LogP contribution is -2.27. The van der Waals surface area contributed by atoms with Gasteiger partial charge in [0.25, 0.3) is 5.91 Å². The van der Waals surface area contributed by atoms with Crippen LogP contribution in [0.25, 0.3) is 11.1 Å². The van der Waals surface area contributed by atoms with Crippen LogP contribution in [0.5, 0.6) is 17.2 Å². The molecule has 186 valence electrons. The number of nitrogens with one attached hydrogen (secondary N) is 2. The van der Waals surface area contributed by atoms with Crippen LogP contribution < -0.4 is 30.3 Å². The molecule has 0 fully saturated rings. The van der Waals surface area contributed by atoms with E-state index < -0.39 is 17.4 Å². The maximum Gasteiger partial charge on any atom is 0.259 e. The molecule has 4 rings (SSSR count). The molecule has 9 nitrogen and oxygen atoms in total. The molecule has 2 N–H and O–H groups in total. The first-order valence-electron chi connectivity index (χ1n) is 11.4. The van der Waals surface area contributed by atoms with Crippen molar-refractivity contribution >= 4 is 17.5 Å². The minimum atomic E-state index is -0.561. The quantitative estimate of drug-likeness (QED) is 0.544. The SMILES string of the molecule is COc1cc2c(c(OC)c1OC)-c1ccc(C(=O)Nc3cccnc3)c(=O)cc1C(NC(C)=O)CC2. The zero-order valence-electron chi connectivity index (χ0n) is 20.5. The van der Waals surface area contributed by atoms with Gasteiger partial charge in [-0.2, -0.15) is 0 Å². The van der Waals surface area contributed by atoms with Crippen molar-refractivity contribution in [2.45, 2.75) is 25.8 Å². The Morgan fingerprint density at radius 1 is 1.03 bits per heavy atom. The highest BCUT2D eigenvalue weighted by atomic mass is 16.5. The molecule has 0 saturated carbocycles. The van der Waals surface area contributed by atoms with E-state index in [1.165, 1.54) is 39.5 Å². The van der Waals surface area contributed by atoms with Gasteiger partial charge in [0, 0.05) is 18.7 Å². The first-order chi connectivity index (χ1) is 17.4. The zero-order chi connectivity index (χ0) is 25.8. The minimum absolute atomic E-state index is 0.0468. The third-order valence-electron chi connectivity index (χ3n) is 6.08. The van der Waals surface area contributed by atoms with E-state index in [2.05, 4.69) is 15.6 Å². The van der Waals surface area contributed by atoms with Crippen LogP contribution in [0, 0.1) is 0 Å². The van der Waals surface area contributed by atoms with Gasteiger partial charge in [-0.15, -0.1) is 0 Å². The summed E-state index contributed by atoms with van der Waals surface area (Å²) in [5, 5.41) is 5.65. The lowest BCUT2D eigenvalue weighted by atomic mass is 9.95. The Bertz CT molecular complexity index is 1370. The van der Waals surface area contributed by atoms with Crippen molar-refractivity contribution in [1.82, 2.24) is 10.3 Å². The van der Waals surface area contributed by atoms with Gasteiger partial charge >= 0.3 is 0 Å². The molecule has 0 bridgehead atoms. The van der Waals surface area contributed by atoms with Crippen molar-refractivity contribution in [3.63, 3.8) is 0 Å². The summed E-state index contributed by atoms with van der Waals surface area (Å²) >= 11 is 0. The van der Waals surface area contributed by atoms with Crippen LogP contribution in [0.1, 0.15) is 40.9 Å². The maximum atomic E-state index is 13.3. The summed E-state index contributed by atoms with van der Waals surface area (Å²) < 4.78 is 16.9. The van der Waals surface area contributed by atoms with Crippen LogP contribution in [0.2, 0.25) is 0 Å². The average molecular weight is 490 g/mol. The molecule has 2 amide bonds. The summed E-state index contributed by atoms with van der Waals surface area (Å²) in [6.07, 6.45) is 4.19. The summed E-state index contributed by atoms with van der Waals surface area (Å²) in [5.74, 6) is 0.568. The number of aromatic nitrogens is 1. The predicted octanol–water partition coefficient (Wildman–Crippen LogP) is 3.51. The highest BCUT2D eigenvalue weighted by Gasteiger charge is 2.29. The summed E-state index contributed by atoms with van der Waals surface area (Å²) in [6.45, 7) is 1.43. The highest BCUT2D eigenvalue weighted by Crippen LogP contribution is 2.50. The second-order valence-electron chi connectivity index (χ2n) is 8.29. The Morgan fingerprint density at radius 2 is 1.81 bits per heavy atom. The van der Waals surface area contributed by atoms with Crippen LogP contribution >= 0.6 is 0 Å². The van der Waals surface area contributed by atoms with Gasteiger partial charge in [0.05, 0.1) is 44.8 Å². The molecule has 0 spiro atoms. The van der Waals surface area contributed by atoms with E-state index in [4.69, 9.17) is 14.2 Å². The van der Waals surface area contributed by atoms with Gasteiger partial charge in [0.1, 0.15) is 0 Å². The lowest BCUT2D eigenvalue weighted by molar-refractivity contribution is -0.119. The second-order valence-corrected chi connectivity index (χ2v) is 8.29. The van der Waals surface area contributed by atoms with Crippen molar-refractivity contribution in [2.24, 2.45) is 0 Å². The standard InChI is InChI=1S/C27H27N3O6/c1-15(31)29-21-10-7-16-12-23(34-2)25(35-3)26(36-4)24(16)18-8-9-19(22(32)13-20(18)21)27(33)30-17-6-5-11-28-14-17/h5-6,8-9,11-14,21H,7,10H2,1-4H3,(H,29,31)(H,30,33). The third kappa shape index (κ3) is 4.72. The zero-order valence-corrected chi connectivity index (χ0v) is 20.5. The van der Waals surface area contributed by atoms with E-state index in [1.807, 2.05) is 6.07 Å². The number of anilines is 1. The molecular formula is C27H27N3O6. The van der Waals surface area contributed by atoms with E-state index in [0.29, 0.717) is 52.5 Å². The summed E-state index contributed by atoms with van der Waals surface area (Å²) in [5.41, 5.74) is 2.79. The Morgan fingerprint density at radius 3 is 2.44 bits per heavy atom. The number of carbonyl (C=O) groups excluding carboxylic acids is 2. The molecule has 9 heteroatoms. The summed E-state index contributed by atoms with van der Waals surface area (Å²) in [6, 6.07) is 9.40. The number of amides is 2. The smallest absolute Gasteiger partial charge is 0.259 e. The third-order valence-corrected chi connectivity index (χ3v) is 6.08. The van der Waals surface area contributed by atoms with Crippen molar-refractivity contribution in [2.75, 3.05) is 26.6 Å². The van der Waals surface area contributed by atoms with Crippen molar-refractivity contribution in [3.8, 4) is 28.4 Å². The molecule has 1 aliphatic carbocycles. The first-order valence-corrected chi connectivity index (χ1v) is 11.4. The normalized spacial score (nSPS) is 13.9. The van der Waals surface area contributed by atoms with E-state index in [-0.39, 0.29) is 11.5 Å². The lowest BCUT2D eigenvalue weighted by Gasteiger charge is -2.19. The number of aryl methyl sites for hydroxylation is 1. The number of rotatable bonds is 6. The monoisotopic (exact) mass is 489 g/mol. The molecule has 0 aliphatic heterocycles. The highest BCUT2D eigenvalue weighted by molar-refractivity contribution is 6.04. The molecule has 0 radical (unpaired) electrons. The summed E-state index contributed by atoms with van der Waals surface area (Å²) in [7, 11) is 4.60. The Labute approximate surface area is 208 Å². The van der Waals surface area contributed by atoms with Gasteiger partial charge in [-0.25, -0.2) is 0 Å². The largest absolute Gasteiger partial charge is 0.493 e. The van der Waals surface area contributed by atoms with Gasteiger partial charge in [0.2, 0.25) is 11.7 Å². The van der Waals surface area contributed by atoms with Crippen molar-refractivity contribution in [1.29, 1.82) is 0 Å². The molecule has 1 aliphatic rings. The molecule has 1 heterocycles. The molecule has 2 aromatic carbocycles. The van der Waals surface area contributed by atoms with Gasteiger partial charge in [-0.05, 0) is 59.9 Å².